The third kappa shape index (κ3) is 2.85. The van der Waals surface area contributed by atoms with Crippen molar-refractivity contribution in [2.24, 2.45) is 5.73 Å². The van der Waals surface area contributed by atoms with E-state index >= 15 is 0 Å². The minimum absolute atomic E-state index is 0.0208. The molecule has 0 saturated heterocycles. The first-order valence-corrected chi connectivity index (χ1v) is 4.39. The van der Waals surface area contributed by atoms with E-state index in [4.69, 9.17) is 15.6 Å². The van der Waals surface area contributed by atoms with E-state index < -0.39 is 12.0 Å². The molecule has 0 aromatic heterocycles. The highest BCUT2D eigenvalue weighted by atomic mass is 16.5. The lowest BCUT2D eigenvalue weighted by Crippen LogP contribution is -2.32. The summed E-state index contributed by atoms with van der Waals surface area (Å²) in [6.45, 7) is 0. The highest BCUT2D eigenvalue weighted by Gasteiger charge is 2.13. The van der Waals surface area contributed by atoms with Crippen LogP contribution < -0.4 is 10.5 Å². The van der Waals surface area contributed by atoms with Crippen LogP contribution in [0.2, 0.25) is 0 Å². The zero-order chi connectivity index (χ0) is 11.4. The van der Waals surface area contributed by atoms with Crippen molar-refractivity contribution >= 4 is 5.97 Å². The number of rotatable bonds is 4. The number of hydrogen-bond acceptors (Lipinski definition) is 4. The molecular formula is C10H13NO4. The molecule has 1 unspecified atom stereocenters. The van der Waals surface area contributed by atoms with Crippen molar-refractivity contribution in [3.63, 3.8) is 0 Å². The molecule has 15 heavy (non-hydrogen) atoms. The van der Waals surface area contributed by atoms with Crippen molar-refractivity contribution in [1.82, 2.24) is 0 Å². The van der Waals surface area contributed by atoms with E-state index in [1.165, 1.54) is 13.2 Å². The van der Waals surface area contributed by atoms with Crippen LogP contribution in [0.1, 0.15) is 5.56 Å². The highest BCUT2D eigenvalue weighted by Crippen LogP contribution is 2.26. The Morgan fingerprint density at radius 2 is 2.27 bits per heavy atom. The Kier molecular flexibility index (Phi) is 3.51. The Morgan fingerprint density at radius 1 is 1.60 bits per heavy atom. The summed E-state index contributed by atoms with van der Waals surface area (Å²) in [5, 5.41) is 18.0. The van der Waals surface area contributed by atoms with Gasteiger partial charge in [-0.25, -0.2) is 0 Å². The largest absolute Gasteiger partial charge is 0.504 e. The molecule has 1 aromatic rings. The van der Waals surface area contributed by atoms with Gasteiger partial charge in [-0.2, -0.15) is 0 Å². The molecule has 82 valence electrons. The van der Waals surface area contributed by atoms with E-state index in [1.54, 1.807) is 12.1 Å². The van der Waals surface area contributed by atoms with Gasteiger partial charge in [-0.3, -0.25) is 4.79 Å². The van der Waals surface area contributed by atoms with E-state index in [9.17, 15) is 9.90 Å². The zero-order valence-corrected chi connectivity index (χ0v) is 8.30. The van der Waals surface area contributed by atoms with Crippen LogP contribution in [0.15, 0.2) is 18.2 Å². The molecule has 4 N–H and O–H groups in total. The molecule has 0 amide bonds. The van der Waals surface area contributed by atoms with E-state index in [0.717, 1.165) is 0 Å². The number of hydrogen-bond donors (Lipinski definition) is 3. The summed E-state index contributed by atoms with van der Waals surface area (Å²) >= 11 is 0. The molecule has 0 saturated carbocycles. The van der Waals surface area contributed by atoms with Gasteiger partial charge in [0.2, 0.25) is 0 Å². The number of benzene rings is 1. The zero-order valence-electron chi connectivity index (χ0n) is 8.30. The Balaban J connectivity index is 2.79. The average molecular weight is 211 g/mol. The van der Waals surface area contributed by atoms with Crippen LogP contribution in [0.25, 0.3) is 0 Å². The lowest BCUT2D eigenvalue weighted by molar-refractivity contribution is -0.138. The quantitative estimate of drug-likeness (QED) is 0.668. The van der Waals surface area contributed by atoms with Crippen molar-refractivity contribution in [2.75, 3.05) is 7.11 Å². The lowest BCUT2D eigenvalue weighted by Gasteiger charge is -2.08. The van der Waals surface area contributed by atoms with Crippen LogP contribution in [0.4, 0.5) is 0 Å². The number of phenolic OH excluding ortho intramolecular Hbond substituents is 1. The molecule has 1 rings (SSSR count). The summed E-state index contributed by atoms with van der Waals surface area (Å²) in [5.41, 5.74) is 6.01. The summed E-state index contributed by atoms with van der Waals surface area (Å²) in [6, 6.07) is 3.72. The number of ether oxygens (including phenoxy) is 1. The van der Waals surface area contributed by atoms with Gasteiger partial charge in [0.05, 0.1) is 7.11 Å². The maximum Gasteiger partial charge on any atom is 0.320 e. The number of carbonyl (C=O) groups is 1. The number of carboxylic acids is 1. The number of aliphatic carboxylic acids is 1. The van der Waals surface area contributed by atoms with Crippen molar-refractivity contribution in [3.05, 3.63) is 23.8 Å². The minimum atomic E-state index is -1.06. The van der Waals surface area contributed by atoms with Gasteiger partial charge in [-0.05, 0) is 24.1 Å². The van der Waals surface area contributed by atoms with Gasteiger partial charge in [0.1, 0.15) is 6.04 Å². The molecule has 0 fully saturated rings. The first-order chi connectivity index (χ1) is 7.04. The Bertz CT molecular complexity index is 364. The Hall–Kier alpha value is -1.75. The summed E-state index contributed by atoms with van der Waals surface area (Å²) in [4.78, 5) is 10.5. The number of phenols is 1. The highest BCUT2D eigenvalue weighted by molar-refractivity contribution is 5.73. The monoisotopic (exact) mass is 211 g/mol. The predicted octanol–water partition coefficient (Wildman–Crippen LogP) is 0.355. The molecule has 0 heterocycles. The van der Waals surface area contributed by atoms with Crippen LogP contribution in [0.3, 0.4) is 0 Å². The van der Waals surface area contributed by atoms with E-state index in [1.807, 2.05) is 0 Å². The molecule has 1 aromatic carbocycles. The van der Waals surface area contributed by atoms with Crippen LogP contribution in [0.5, 0.6) is 11.5 Å². The van der Waals surface area contributed by atoms with Gasteiger partial charge in [-0.15, -0.1) is 0 Å². The molecule has 0 radical (unpaired) electrons. The van der Waals surface area contributed by atoms with Gasteiger partial charge in [0, 0.05) is 0 Å². The van der Waals surface area contributed by atoms with Crippen LogP contribution in [-0.2, 0) is 11.2 Å². The predicted molar refractivity (Wildman–Crippen MR) is 54.0 cm³/mol. The topological polar surface area (TPSA) is 92.8 Å². The fourth-order valence-corrected chi connectivity index (χ4v) is 1.20. The third-order valence-electron chi connectivity index (χ3n) is 2.02. The van der Waals surface area contributed by atoms with Crippen molar-refractivity contribution in [2.45, 2.75) is 12.5 Å². The normalized spacial score (nSPS) is 12.1. The summed E-state index contributed by atoms with van der Waals surface area (Å²) in [6.07, 6.45) is 0.173. The van der Waals surface area contributed by atoms with E-state index in [-0.39, 0.29) is 12.2 Å². The first kappa shape index (κ1) is 11.3. The molecule has 0 aliphatic heterocycles. The summed E-state index contributed by atoms with van der Waals surface area (Å²) < 4.78 is 4.85. The van der Waals surface area contributed by atoms with Crippen molar-refractivity contribution in [3.8, 4) is 11.5 Å². The van der Waals surface area contributed by atoms with Gasteiger partial charge < -0.3 is 20.7 Å². The van der Waals surface area contributed by atoms with Gasteiger partial charge in [-0.1, -0.05) is 6.07 Å². The van der Waals surface area contributed by atoms with Gasteiger partial charge in [0.15, 0.2) is 11.5 Å². The minimum Gasteiger partial charge on any atom is -0.504 e. The van der Waals surface area contributed by atoms with Gasteiger partial charge >= 0.3 is 5.97 Å². The first-order valence-electron chi connectivity index (χ1n) is 4.39. The number of aromatic hydroxyl groups is 1. The lowest BCUT2D eigenvalue weighted by atomic mass is 10.1. The second-order valence-corrected chi connectivity index (χ2v) is 3.16. The molecule has 1 atom stereocenters. The Morgan fingerprint density at radius 3 is 2.73 bits per heavy atom. The molecule has 5 heteroatoms. The molecular weight excluding hydrogens is 198 g/mol. The summed E-state index contributed by atoms with van der Waals surface area (Å²) in [7, 11) is 1.44. The molecule has 0 aliphatic carbocycles. The molecule has 5 nitrogen and oxygen atoms in total. The number of nitrogens with two attached hydrogens (primary N) is 1. The van der Waals surface area contributed by atoms with Crippen LogP contribution in [0, 0.1) is 0 Å². The average Bonchev–Trinajstić information content (AvgIpc) is 2.18. The molecule has 0 bridgehead atoms. The maximum absolute atomic E-state index is 10.5. The smallest absolute Gasteiger partial charge is 0.320 e. The van der Waals surface area contributed by atoms with Crippen molar-refractivity contribution in [1.29, 1.82) is 0 Å². The number of carboxylic acid groups (broad SMARTS) is 1. The van der Waals surface area contributed by atoms with Crippen molar-refractivity contribution < 1.29 is 19.7 Å². The van der Waals surface area contributed by atoms with Gasteiger partial charge in [0.25, 0.3) is 0 Å². The molecule has 0 spiro atoms. The van der Waals surface area contributed by atoms with E-state index in [2.05, 4.69) is 0 Å². The SMILES string of the molecule is COc1ccc(CC(N)C(=O)O)cc1O. The summed E-state index contributed by atoms with van der Waals surface area (Å²) in [5.74, 6) is -0.736. The van der Waals surface area contributed by atoms with Crippen LogP contribution >= 0.6 is 0 Å². The molecule has 0 aliphatic rings. The van der Waals surface area contributed by atoms with Crippen LogP contribution in [-0.4, -0.2) is 29.3 Å². The third-order valence-corrected chi connectivity index (χ3v) is 2.02. The fraction of sp³-hybridized carbons (Fsp3) is 0.300. The van der Waals surface area contributed by atoms with E-state index in [0.29, 0.717) is 11.3 Å². The maximum atomic E-state index is 10.5. The second-order valence-electron chi connectivity index (χ2n) is 3.16. The Labute approximate surface area is 87.1 Å². The standard InChI is InChI=1S/C10H13NO4/c1-15-9-3-2-6(5-8(9)12)4-7(11)10(13)14/h2-3,5,7,12H,4,11H2,1H3,(H,13,14). The second kappa shape index (κ2) is 4.65. The number of methoxy groups -OCH3 is 1. The fourth-order valence-electron chi connectivity index (χ4n) is 1.20.